The van der Waals surface area contributed by atoms with Crippen LogP contribution in [0.5, 0.6) is 5.75 Å². The van der Waals surface area contributed by atoms with Crippen molar-refractivity contribution >= 4 is 11.5 Å². The van der Waals surface area contributed by atoms with Crippen molar-refractivity contribution in [2.75, 3.05) is 13.1 Å². The van der Waals surface area contributed by atoms with E-state index in [1.165, 1.54) is 25.3 Å². The number of likely N-dealkylation sites (tertiary alicyclic amines) is 1. The molecule has 0 bridgehead atoms. The number of carboxylic acid groups (broad SMARTS) is 1. The molecule has 3 rings (SSSR count). The predicted octanol–water partition coefficient (Wildman–Crippen LogP) is 1.72. The second kappa shape index (κ2) is 5.13. The SMILES string of the molecule is O=C(O)c1nc(CN2CCCCC2)n2ccc(O)cc12. The Hall–Kier alpha value is -2.08. The minimum absolute atomic E-state index is 0.00657. The highest BCUT2D eigenvalue weighted by Gasteiger charge is 2.19. The summed E-state index contributed by atoms with van der Waals surface area (Å²) in [4.78, 5) is 17.8. The lowest BCUT2D eigenvalue weighted by molar-refractivity contribution is 0.0693. The zero-order valence-corrected chi connectivity index (χ0v) is 11.1. The van der Waals surface area contributed by atoms with Crippen molar-refractivity contribution in [3.8, 4) is 5.75 Å². The first kappa shape index (κ1) is 12.9. The van der Waals surface area contributed by atoms with E-state index in [-0.39, 0.29) is 11.4 Å². The summed E-state index contributed by atoms with van der Waals surface area (Å²) in [6, 6.07) is 2.98. The van der Waals surface area contributed by atoms with Gasteiger partial charge >= 0.3 is 5.97 Å². The highest BCUT2D eigenvalue weighted by molar-refractivity contribution is 5.94. The van der Waals surface area contributed by atoms with Crippen LogP contribution < -0.4 is 0 Å². The highest BCUT2D eigenvalue weighted by Crippen LogP contribution is 2.20. The van der Waals surface area contributed by atoms with E-state index in [9.17, 15) is 15.0 Å². The summed E-state index contributed by atoms with van der Waals surface area (Å²) in [5, 5.41) is 18.7. The second-order valence-corrected chi connectivity index (χ2v) is 5.16. The van der Waals surface area contributed by atoms with Gasteiger partial charge in [-0.3, -0.25) is 4.90 Å². The minimum atomic E-state index is -1.07. The Bertz CT molecular complexity index is 644. The van der Waals surface area contributed by atoms with Crippen molar-refractivity contribution in [2.24, 2.45) is 0 Å². The second-order valence-electron chi connectivity index (χ2n) is 5.16. The molecule has 0 unspecified atom stereocenters. The molecule has 1 fully saturated rings. The van der Waals surface area contributed by atoms with Crippen molar-refractivity contribution < 1.29 is 15.0 Å². The van der Waals surface area contributed by atoms with E-state index >= 15 is 0 Å². The molecule has 6 heteroatoms. The maximum Gasteiger partial charge on any atom is 0.356 e. The first-order chi connectivity index (χ1) is 9.65. The summed E-state index contributed by atoms with van der Waals surface area (Å²) in [5.74, 6) is -0.318. The molecular formula is C14H17N3O3. The lowest BCUT2D eigenvalue weighted by Gasteiger charge is -2.25. The first-order valence-electron chi connectivity index (χ1n) is 6.81. The number of nitrogens with zero attached hydrogens (tertiary/aromatic N) is 3. The van der Waals surface area contributed by atoms with Gasteiger partial charge in [-0.2, -0.15) is 0 Å². The molecule has 6 nitrogen and oxygen atoms in total. The fraction of sp³-hybridized carbons (Fsp3) is 0.429. The number of carbonyl (C=O) groups is 1. The summed E-state index contributed by atoms with van der Waals surface area (Å²) in [5.41, 5.74) is 0.428. The van der Waals surface area contributed by atoms with E-state index in [1.807, 2.05) is 0 Å². The third-order valence-corrected chi connectivity index (χ3v) is 3.72. The van der Waals surface area contributed by atoms with Gasteiger partial charge in [-0.15, -0.1) is 0 Å². The van der Waals surface area contributed by atoms with Crippen LogP contribution in [0.3, 0.4) is 0 Å². The Balaban J connectivity index is 1.99. The number of imidazole rings is 1. The summed E-state index contributed by atoms with van der Waals surface area (Å²) >= 11 is 0. The zero-order chi connectivity index (χ0) is 14.1. The highest BCUT2D eigenvalue weighted by atomic mass is 16.4. The van der Waals surface area contributed by atoms with E-state index in [0.29, 0.717) is 17.9 Å². The smallest absolute Gasteiger partial charge is 0.356 e. The molecular weight excluding hydrogens is 258 g/mol. The van der Waals surface area contributed by atoms with Gasteiger partial charge in [-0.1, -0.05) is 6.42 Å². The van der Waals surface area contributed by atoms with Gasteiger partial charge in [0.2, 0.25) is 0 Å². The number of aromatic hydroxyl groups is 1. The van der Waals surface area contributed by atoms with Crippen molar-refractivity contribution in [3.05, 3.63) is 29.8 Å². The van der Waals surface area contributed by atoms with Crippen molar-refractivity contribution in [1.82, 2.24) is 14.3 Å². The molecule has 0 aliphatic carbocycles. The van der Waals surface area contributed by atoms with Crippen LogP contribution >= 0.6 is 0 Å². The van der Waals surface area contributed by atoms with Gasteiger partial charge in [0.25, 0.3) is 0 Å². The number of fused-ring (bicyclic) bond motifs is 1. The quantitative estimate of drug-likeness (QED) is 0.891. The number of piperidine rings is 1. The van der Waals surface area contributed by atoms with Crippen molar-refractivity contribution in [1.29, 1.82) is 0 Å². The molecule has 20 heavy (non-hydrogen) atoms. The van der Waals surface area contributed by atoms with Crippen LogP contribution in [0.4, 0.5) is 0 Å². The monoisotopic (exact) mass is 275 g/mol. The molecule has 1 saturated heterocycles. The fourth-order valence-electron chi connectivity index (χ4n) is 2.72. The minimum Gasteiger partial charge on any atom is -0.508 e. The Morgan fingerprint density at radius 1 is 1.30 bits per heavy atom. The van der Waals surface area contributed by atoms with Gasteiger partial charge in [-0.05, 0) is 32.0 Å². The Morgan fingerprint density at radius 2 is 2.05 bits per heavy atom. The lowest BCUT2D eigenvalue weighted by Crippen LogP contribution is -2.29. The molecule has 0 spiro atoms. The standard InChI is InChI=1S/C14H17N3O3/c18-10-4-7-17-11(8-10)13(14(19)20)15-12(17)9-16-5-2-1-3-6-16/h4,7-8,18H,1-3,5-6,9H2,(H,19,20). The predicted molar refractivity (Wildman–Crippen MR) is 72.9 cm³/mol. The topological polar surface area (TPSA) is 78.1 Å². The lowest BCUT2D eigenvalue weighted by atomic mass is 10.1. The van der Waals surface area contributed by atoms with Gasteiger partial charge in [0.05, 0.1) is 12.1 Å². The normalized spacial score (nSPS) is 16.6. The van der Waals surface area contributed by atoms with E-state index in [2.05, 4.69) is 9.88 Å². The van der Waals surface area contributed by atoms with E-state index in [1.54, 1.807) is 16.7 Å². The largest absolute Gasteiger partial charge is 0.508 e. The number of aromatic nitrogens is 2. The average Bonchev–Trinajstić information content (AvgIpc) is 2.78. The van der Waals surface area contributed by atoms with Crippen LogP contribution in [0.1, 0.15) is 35.6 Å². The molecule has 3 heterocycles. The molecule has 0 radical (unpaired) electrons. The summed E-state index contributed by atoms with van der Waals surface area (Å²) in [7, 11) is 0. The number of carboxylic acids is 1. The first-order valence-corrected chi connectivity index (χ1v) is 6.81. The number of aromatic carboxylic acids is 1. The molecule has 0 atom stereocenters. The molecule has 2 N–H and O–H groups in total. The van der Waals surface area contributed by atoms with Gasteiger partial charge in [0, 0.05) is 12.3 Å². The number of hydrogen-bond donors (Lipinski definition) is 2. The molecule has 0 saturated carbocycles. The van der Waals surface area contributed by atoms with Crippen molar-refractivity contribution in [2.45, 2.75) is 25.8 Å². The number of rotatable bonds is 3. The fourth-order valence-corrected chi connectivity index (χ4v) is 2.72. The molecule has 0 aromatic carbocycles. The van der Waals surface area contributed by atoms with E-state index in [0.717, 1.165) is 13.1 Å². The maximum atomic E-state index is 11.3. The Kier molecular flexibility index (Phi) is 3.31. The Labute approximate surface area is 116 Å². The summed E-state index contributed by atoms with van der Waals surface area (Å²) < 4.78 is 1.75. The molecule has 0 amide bonds. The van der Waals surface area contributed by atoms with Crippen LogP contribution in [-0.2, 0) is 6.54 Å². The molecule has 1 aliphatic rings. The Morgan fingerprint density at radius 3 is 2.75 bits per heavy atom. The third kappa shape index (κ3) is 2.34. The van der Waals surface area contributed by atoms with Crippen LogP contribution in [-0.4, -0.2) is 43.6 Å². The number of pyridine rings is 1. The van der Waals surface area contributed by atoms with Crippen LogP contribution in [0.25, 0.3) is 5.52 Å². The van der Waals surface area contributed by atoms with Gasteiger partial charge in [-0.25, -0.2) is 9.78 Å². The average molecular weight is 275 g/mol. The van der Waals surface area contributed by atoms with Crippen LogP contribution in [0.15, 0.2) is 18.3 Å². The van der Waals surface area contributed by atoms with Crippen molar-refractivity contribution in [3.63, 3.8) is 0 Å². The molecule has 2 aromatic heterocycles. The van der Waals surface area contributed by atoms with Gasteiger partial charge < -0.3 is 14.6 Å². The van der Waals surface area contributed by atoms with Gasteiger partial charge in [0.1, 0.15) is 11.6 Å². The van der Waals surface area contributed by atoms with E-state index in [4.69, 9.17) is 0 Å². The number of hydrogen-bond acceptors (Lipinski definition) is 4. The maximum absolute atomic E-state index is 11.3. The molecule has 2 aromatic rings. The van der Waals surface area contributed by atoms with Gasteiger partial charge in [0.15, 0.2) is 5.69 Å². The third-order valence-electron chi connectivity index (χ3n) is 3.72. The van der Waals surface area contributed by atoms with E-state index < -0.39 is 5.97 Å². The molecule has 1 aliphatic heterocycles. The summed E-state index contributed by atoms with van der Waals surface area (Å²) in [6.45, 7) is 2.68. The van der Waals surface area contributed by atoms with Crippen LogP contribution in [0.2, 0.25) is 0 Å². The zero-order valence-electron chi connectivity index (χ0n) is 11.1. The van der Waals surface area contributed by atoms with Crippen LogP contribution in [0, 0.1) is 0 Å². The molecule has 106 valence electrons. The summed E-state index contributed by atoms with van der Waals surface area (Å²) in [6.07, 6.45) is 5.28.